The van der Waals surface area contributed by atoms with Gasteiger partial charge in [0, 0.05) is 25.2 Å². The Morgan fingerprint density at radius 2 is 1.81 bits per heavy atom. The first-order chi connectivity index (χ1) is 12.9. The van der Waals surface area contributed by atoms with E-state index in [0.29, 0.717) is 5.92 Å². The van der Waals surface area contributed by atoms with Crippen LogP contribution in [0.15, 0.2) is 11.6 Å². The third-order valence-electron chi connectivity index (χ3n) is 9.19. The minimum atomic E-state index is -0.305. The van der Waals surface area contributed by atoms with Gasteiger partial charge in [-0.15, -0.1) is 0 Å². The summed E-state index contributed by atoms with van der Waals surface area (Å²) in [5, 5.41) is 0. The lowest BCUT2D eigenvalue weighted by atomic mass is 9.47. The fourth-order valence-electron chi connectivity index (χ4n) is 7.85. The first kappa shape index (κ1) is 18.2. The maximum atomic E-state index is 11.4. The Kier molecular flexibility index (Phi) is 4.08. The molecule has 0 aromatic heterocycles. The molecule has 4 heteroatoms. The number of allylic oxidation sites excluding steroid dienone is 1. The van der Waals surface area contributed by atoms with Gasteiger partial charge in [0.1, 0.15) is 6.10 Å². The Bertz CT molecular complexity index is 663. The Morgan fingerprint density at radius 1 is 1.07 bits per heavy atom. The molecule has 1 aliphatic heterocycles. The number of ether oxygens (including phenoxy) is 3. The predicted molar refractivity (Wildman–Crippen MR) is 102 cm³/mol. The average molecular weight is 375 g/mol. The van der Waals surface area contributed by atoms with E-state index in [1.165, 1.54) is 32.6 Å². The maximum Gasteiger partial charge on any atom is 0.302 e. The summed E-state index contributed by atoms with van der Waals surface area (Å²) in [4.78, 5) is 11.4. The Morgan fingerprint density at radius 3 is 2.56 bits per heavy atom. The molecule has 4 unspecified atom stereocenters. The van der Waals surface area contributed by atoms with E-state index in [0.717, 1.165) is 50.7 Å². The van der Waals surface area contributed by atoms with Gasteiger partial charge < -0.3 is 14.2 Å². The van der Waals surface area contributed by atoms with E-state index in [9.17, 15) is 4.79 Å². The van der Waals surface area contributed by atoms with E-state index < -0.39 is 0 Å². The number of carbonyl (C=O) groups excluding carboxylic acids is 1. The summed E-state index contributed by atoms with van der Waals surface area (Å²) in [6, 6.07) is 0. The van der Waals surface area contributed by atoms with Crippen molar-refractivity contribution in [3.8, 4) is 0 Å². The van der Waals surface area contributed by atoms with Gasteiger partial charge in [0.05, 0.1) is 13.2 Å². The summed E-state index contributed by atoms with van der Waals surface area (Å²) in [5.74, 6) is 1.76. The SMILES string of the molecule is CC(=O)OC1CC[C@@]2(C)C(=CCC3C2CC[C@@]2(C)C3CCC23OCCO3)C1. The molecule has 1 spiro atoms. The second-order valence-electron chi connectivity index (χ2n) is 10.2. The second-order valence-corrected chi connectivity index (χ2v) is 10.2. The summed E-state index contributed by atoms with van der Waals surface area (Å²) in [6.45, 7) is 8.00. The van der Waals surface area contributed by atoms with E-state index in [-0.39, 0.29) is 28.7 Å². The number of hydrogen-bond donors (Lipinski definition) is 0. The first-order valence-corrected chi connectivity index (χ1v) is 11.0. The first-order valence-electron chi connectivity index (χ1n) is 11.0. The van der Waals surface area contributed by atoms with Crippen LogP contribution >= 0.6 is 0 Å². The number of esters is 1. The molecule has 0 aromatic rings. The third kappa shape index (κ3) is 2.45. The van der Waals surface area contributed by atoms with Gasteiger partial charge in [0.15, 0.2) is 5.79 Å². The molecule has 1 heterocycles. The normalized spacial score (nSPS) is 47.7. The number of rotatable bonds is 1. The van der Waals surface area contributed by atoms with Crippen LogP contribution in [-0.2, 0) is 19.0 Å². The minimum Gasteiger partial charge on any atom is -0.462 e. The molecule has 4 aliphatic carbocycles. The molecule has 0 aromatic carbocycles. The van der Waals surface area contributed by atoms with Gasteiger partial charge in [-0.05, 0) is 61.7 Å². The molecule has 6 atom stereocenters. The van der Waals surface area contributed by atoms with E-state index in [2.05, 4.69) is 19.9 Å². The third-order valence-corrected chi connectivity index (χ3v) is 9.19. The van der Waals surface area contributed by atoms with Crippen molar-refractivity contribution >= 4 is 5.97 Å². The molecule has 4 fully saturated rings. The van der Waals surface area contributed by atoms with Gasteiger partial charge in [-0.3, -0.25) is 4.79 Å². The van der Waals surface area contributed by atoms with Gasteiger partial charge in [-0.1, -0.05) is 25.5 Å². The monoisotopic (exact) mass is 374 g/mol. The number of fused-ring (bicyclic) bond motifs is 6. The van der Waals surface area contributed by atoms with E-state index in [4.69, 9.17) is 14.2 Å². The molecule has 150 valence electrons. The molecule has 5 rings (SSSR count). The van der Waals surface area contributed by atoms with Crippen molar-refractivity contribution in [2.45, 2.75) is 84.0 Å². The molecule has 5 aliphatic rings. The van der Waals surface area contributed by atoms with Crippen LogP contribution < -0.4 is 0 Å². The molecule has 27 heavy (non-hydrogen) atoms. The van der Waals surface area contributed by atoms with Crippen LogP contribution in [0.4, 0.5) is 0 Å². The van der Waals surface area contributed by atoms with Crippen LogP contribution in [-0.4, -0.2) is 31.1 Å². The summed E-state index contributed by atoms with van der Waals surface area (Å²) < 4.78 is 18.1. The molecule has 3 saturated carbocycles. The predicted octanol–water partition coefficient (Wildman–Crippen LogP) is 4.62. The fourth-order valence-corrected chi connectivity index (χ4v) is 7.85. The quantitative estimate of drug-likeness (QED) is 0.496. The van der Waals surface area contributed by atoms with Crippen molar-refractivity contribution < 1.29 is 19.0 Å². The smallest absolute Gasteiger partial charge is 0.302 e. The van der Waals surface area contributed by atoms with Gasteiger partial charge in [-0.25, -0.2) is 0 Å². The Balaban J connectivity index is 1.41. The van der Waals surface area contributed by atoms with Crippen LogP contribution in [0.25, 0.3) is 0 Å². The van der Waals surface area contributed by atoms with Crippen LogP contribution in [0.5, 0.6) is 0 Å². The maximum absolute atomic E-state index is 11.4. The molecule has 0 bridgehead atoms. The molecule has 0 N–H and O–H groups in total. The van der Waals surface area contributed by atoms with Gasteiger partial charge in [0.25, 0.3) is 0 Å². The average Bonchev–Trinajstić information content (AvgIpc) is 3.21. The van der Waals surface area contributed by atoms with Crippen LogP contribution in [0, 0.1) is 28.6 Å². The van der Waals surface area contributed by atoms with Crippen molar-refractivity contribution in [2.75, 3.05) is 13.2 Å². The van der Waals surface area contributed by atoms with E-state index >= 15 is 0 Å². The number of hydrogen-bond acceptors (Lipinski definition) is 4. The highest BCUT2D eigenvalue weighted by molar-refractivity contribution is 5.66. The minimum absolute atomic E-state index is 0.0854. The summed E-state index contributed by atoms with van der Waals surface area (Å²) >= 11 is 0. The lowest BCUT2D eigenvalue weighted by Gasteiger charge is -2.58. The summed E-state index contributed by atoms with van der Waals surface area (Å²) in [7, 11) is 0. The van der Waals surface area contributed by atoms with Crippen molar-refractivity contribution in [1.82, 2.24) is 0 Å². The van der Waals surface area contributed by atoms with Crippen LogP contribution in [0.3, 0.4) is 0 Å². The lowest BCUT2D eigenvalue weighted by molar-refractivity contribution is -0.242. The molecule has 1 saturated heterocycles. The highest BCUT2D eigenvalue weighted by Gasteiger charge is 2.66. The zero-order chi connectivity index (χ0) is 18.9. The van der Waals surface area contributed by atoms with Crippen molar-refractivity contribution in [2.24, 2.45) is 28.6 Å². The molecule has 0 amide bonds. The van der Waals surface area contributed by atoms with Gasteiger partial charge in [0.2, 0.25) is 0 Å². The molecular weight excluding hydrogens is 340 g/mol. The van der Waals surface area contributed by atoms with Crippen molar-refractivity contribution in [3.63, 3.8) is 0 Å². The lowest BCUT2D eigenvalue weighted by Crippen LogP contribution is -2.55. The second kappa shape index (κ2) is 6.06. The van der Waals surface area contributed by atoms with Gasteiger partial charge in [-0.2, -0.15) is 0 Å². The van der Waals surface area contributed by atoms with Crippen LogP contribution in [0.1, 0.15) is 72.1 Å². The zero-order valence-corrected chi connectivity index (χ0v) is 17.1. The highest BCUT2D eigenvalue weighted by Crippen LogP contribution is 2.68. The summed E-state index contributed by atoms with van der Waals surface area (Å²) in [5.41, 5.74) is 2.01. The number of carbonyl (C=O) groups is 1. The van der Waals surface area contributed by atoms with Crippen molar-refractivity contribution in [3.05, 3.63) is 11.6 Å². The topological polar surface area (TPSA) is 44.8 Å². The molecule has 4 nitrogen and oxygen atoms in total. The van der Waals surface area contributed by atoms with Gasteiger partial charge >= 0.3 is 5.97 Å². The molecule has 0 radical (unpaired) electrons. The van der Waals surface area contributed by atoms with E-state index in [1.54, 1.807) is 5.57 Å². The van der Waals surface area contributed by atoms with Crippen LogP contribution in [0.2, 0.25) is 0 Å². The summed E-state index contributed by atoms with van der Waals surface area (Å²) in [6.07, 6.45) is 11.7. The highest BCUT2D eigenvalue weighted by atomic mass is 16.7. The zero-order valence-electron chi connectivity index (χ0n) is 17.1. The standard InChI is InChI=1S/C23H34O4/c1-15(24)27-17-6-9-21(2)16(14-17)4-5-18-19(21)7-10-22(3)20(18)8-11-23(22)25-12-13-26-23/h4,17-20H,5-14H2,1-3H3/t17?,18?,19?,20?,21-,22-/m0/s1. The Hall–Kier alpha value is -0.870. The molecular formula is C23H34O4. The largest absolute Gasteiger partial charge is 0.462 e. The Labute approximate surface area is 163 Å². The van der Waals surface area contributed by atoms with E-state index in [1.807, 2.05) is 0 Å². The van der Waals surface area contributed by atoms with Crippen molar-refractivity contribution in [1.29, 1.82) is 0 Å². The fraction of sp³-hybridized carbons (Fsp3) is 0.870.